The van der Waals surface area contributed by atoms with E-state index in [4.69, 9.17) is 9.72 Å². The fourth-order valence-electron chi connectivity index (χ4n) is 4.08. The van der Waals surface area contributed by atoms with Crippen molar-refractivity contribution >= 4 is 16.9 Å². The van der Waals surface area contributed by atoms with Gasteiger partial charge in [0.2, 0.25) is 5.91 Å². The van der Waals surface area contributed by atoms with Crippen LogP contribution in [0.15, 0.2) is 55.1 Å². The zero-order chi connectivity index (χ0) is 23.6. The van der Waals surface area contributed by atoms with E-state index in [2.05, 4.69) is 73.6 Å². The third kappa shape index (κ3) is 6.95. The highest BCUT2D eigenvalue weighted by molar-refractivity contribution is 5.86. The van der Waals surface area contributed by atoms with Crippen molar-refractivity contribution in [2.45, 2.75) is 65.3 Å². The third-order valence-electron chi connectivity index (χ3n) is 5.87. The average molecular weight is 448 g/mol. The molecule has 1 heterocycles. The number of fused-ring (bicyclic) bond motifs is 1. The van der Waals surface area contributed by atoms with Gasteiger partial charge < -0.3 is 14.6 Å². The number of nitrogens with one attached hydrogen (secondary N) is 1. The Morgan fingerprint density at radius 1 is 1.15 bits per heavy atom. The second-order valence-electron chi connectivity index (χ2n) is 8.87. The molecule has 1 N–H and O–H groups in total. The quantitative estimate of drug-likeness (QED) is 0.260. The van der Waals surface area contributed by atoms with E-state index in [-0.39, 0.29) is 5.91 Å². The topological polar surface area (TPSA) is 56.2 Å². The Morgan fingerprint density at radius 2 is 1.97 bits per heavy atom. The molecule has 0 saturated carbocycles. The Hall–Kier alpha value is -3.08. The standard InChI is InChI=1S/C28H37N3O2/c1-5-28(32)29-17-10-6-7-14-27-30-24-12-8-9-13-25(24)31(27)18-11-19-33-26-20-22(4)15-16-23(26)21(2)3/h5,8-9,12-13,15-16,20-21H,1,6-7,10-11,14,17-19H2,2-4H3,(H,29,32). The van der Waals surface area contributed by atoms with Crippen LogP contribution in [0.4, 0.5) is 0 Å². The molecule has 3 rings (SSSR count). The molecule has 0 radical (unpaired) electrons. The first-order chi connectivity index (χ1) is 16.0. The van der Waals surface area contributed by atoms with Gasteiger partial charge >= 0.3 is 0 Å². The second kappa shape index (κ2) is 12.2. The minimum Gasteiger partial charge on any atom is -0.493 e. The van der Waals surface area contributed by atoms with Gasteiger partial charge in [-0.3, -0.25) is 4.79 Å². The highest BCUT2D eigenvalue weighted by Gasteiger charge is 2.11. The van der Waals surface area contributed by atoms with Crippen molar-refractivity contribution < 1.29 is 9.53 Å². The number of hydrogen-bond acceptors (Lipinski definition) is 3. The largest absolute Gasteiger partial charge is 0.493 e. The number of imidazole rings is 1. The summed E-state index contributed by atoms with van der Waals surface area (Å²) in [5.74, 6) is 2.47. The van der Waals surface area contributed by atoms with Crippen LogP contribution in [0.25, 0.3) is 11.0 Å². The Balaban J connectivity index is 1.57. The van der Waals surface area contributed by atoms with Crippen LogP contribution in [0.5, 0.6) is 5.75 Å². The van der Waals surface area contributed by atoms with E-state index in [0.717, 1.165) is 55.7 Å². The lowest BCUT2D eigenvalue weighted by atomic mass is 10.0. The summed E-state index contributed by atoms with van der Waals surface area (Å²) >= 11 is 0. The van der Waals surface area contributed by atoms with E-state index in [9.17, 15) is 4.79 Å². The molecule has 1 amide bonds. The average Bonchev–Trinajstić information content (AvgIpc) is 3.16. The SMILES string of the molecule is C=CC(=O)NCCCCCc1nc2ccccc2n1CCCOc1cc(C)ccc1C(C)C. The Morgan fingerprint density at radius 3 is 2.76 bits per heavy atom. The molecular formula is C28H37N3O2. The maximum absolute atomic E-state index is 11.2. The zero-order valence-corrected chi connectivity index (χ0v) is 20.3. The molecule has 33 heavy (non-hydrogen) atoms. The van der Waals surface area contributed by atoms with E-state index in [1.165, 1.54) is 22.7 Å². The van der Waals surface area contributed by atoms with Gasteiger partial charge in [0.15, 0.2) is 0 Å². The number of benzene rings is 2. The van der Waals surface area contributed by atoms with E-state index in [1.54, 1.807) is 0 Å². The summed E-state index contributed by atoms with van der Waals surface area (Å²) in [6.07, 6.45) is 6.23. The fourth-order valence-corrected chi connectivity index (χ4v) is 4.08. The Labute approximate surface area is 197 Å². The van der Waals surface area contributed by atoms with Crippen LogP contribution >= 0.6 is 0 Å². The van der Waals surface area contributed by atoms with Gasteiger partial charge in [0.05, 0.1) is 17.6 Å². The van der Waals surface area contributed by atoms with Crippen LogP contribution in [0, 0.1) is 6.92 Å². The maximum atomic E-state index is 11.2. The van der Waals surface area contributed by atoms with Gasteiger partial charge in [-0.25, -0.2) is 4.98 Å². The summed E-state index contributed by atoms with van der Waals surface area (Å²) < 4.78 is 8.55. The molecule has 0 aliphatic carbocycles. The molecule has 5 heteroatoms. The highest BCUT2D eigenvalue weighted by Crippen LogP contribution is 2.27. The lowest BCUT2D eigenvalue weighted by Crippen LogP contribution is -2.21. The summed E-state index contributed by atoms with van der Waals surface area (Å²) in [4.78, 5) is 16.1. The zero-order valence-electron chi connectivity index (χ0n) is 20.3. The summed E-state index contributed by atoms with van der Waals surface area (Å²) in [5, 5.41) is 2.83. The number of nitrogens with zero attached hydrogens (tertiary/aromatic N) is 2. The van der Waals surface area contributed by atoms with Crippen molar-refractivity contribution in [2.75, 3.05) is 13.2 Å². The molecule has 0 spiro atoms. The first-order valence-electron chi connectivity index (χ1n) is 12.1. The molecule has 1 aromatic heterocycles. The van der Waals surface area contributed by atoms with Gasteiger partial charge in [-0.05, 0) is 67.5 Å². The van der Waals surface area contributed by atoms with Crippen LogP contribution in [0.3, 0.4) is 0 Å². The smallest absolute Gasteiger partial charge is 0.243 e. The molecule has 0 aliphatic heterocycles. The summed E-state index contributed by atoms with van der Waals surface area (Å²) in [6, 6.07) is 14.8. The number of amides is 1. The van der Waals surface area contributed by atoms with Crippen LogP contribution < -0.4 is 10.1 Å². The molecule has 0 bridgehead atoms. The van der Waals surface area contributed by atoms with Gasteiger partial charge in [0.1, 0.15) is 11.6 Å². The van der Waals surface area contributed by atoms with E-state index < -0.39 is 0 Å². The summed E-state index contributed by atoms with van der Waals surface area (Å²) in [5.41, 5.74) is 4.72. The Bertz CT molecular complexity index is 1070. The minimum atomic E-state index is -0.106. The van der Waals surface area contributed by atoms with Crippen molar-refractivity contribution in [2.24, 2.45) is 0 Å². The first kappa shape index (κ1) is 24.6. The lowest BCUT2D eigenvalue weighted by molar-refractivity contribution is -0.116. The number of aromatic nitrogens is 2. The first-order valence-corrected chi connectivity index (χ1v) is 12.1. The van der Waals surface area contributed by atoms with Gasteiger partial charge in [0, 0.05) is 19.5 Å². The van der Waals surface area contributed by atoms with Crippen molar-refractivity contribution in [3.63, 3.8) is 0 Å². The number of para-hydroxylation sites is 2. The van der Waals surface area contributed by atoms with Crippen LogP contribution in [-0.4, -0.2) is 28.6 Å². The number of carbonyl (C=O) groups excluding carboxylic acids is 1. The van der Waals surface area contributed by atoms with Crippen molar-refractivity contribution in [1.29, 1.82) is 0 Å². The van der Waals surface area contributed by atoms with Crippen molar-refractivity contribution in [3.05, 3.63) is 72.1 Å². The minimum absolute atomic E-state index is 0.106. The molecule has 0 fully saturated rings. The molecule has 5 nitrogen and oxygen atoms in total. The third-order valence-corrected chi connectivity index (χ3v) is 5.87. The molecule has 3 aromatic rings. The van der Waals surface area contributed by atoms with Crippen LogP contribution in [0.2, 0.25) is 0 Å². The van der Waals surface area contributed by atoms with Gasteiger partial charge in [-0.15, -0.1) is 0 Å². The molecule has 176 valence electrons. The molecule has 0 aliphatic rings. The maximum Gasteiger partial charge on any atom is 0.243 e. The van der Waals surface area contributed by atoms with Crippen LogP contribution in [-0.2, 0) is 17.8 Å². The Kier molecular flexibility index (Phi) is 9.11. The van der Waals surface area contributed by atoms with E-state index >= 15 is 0 Å². The predicted molar refractivity (Wildman–Crippen MR) is 136 cm³/mol. The molecule has 0 atom stereocenters. The lowest BCUT2D eigenvalue weighted by Gasteiger charge is -2.15. The van der Waals surface area contributed by atoms with Crippen molar-refractivity contribution in [3.8, 4) is 5.75 Å². The molecule has 0 unspecified atom stereocenters. The highest BCUT2D eigenvalue weighted by atomic mass is 16.5. The number of unbranched alkanes of at least 4 members (excludes halogenated alkanes) is 2. The molecular weight excluding hydrogens is 410 g/mol. The monoisotopic (exact) mass is 447 g/mol. The number of hydrogen-bond donors (Lipinski definition) is 1. The predicted octanol–water partition coefficient (Wildman–Crippen LogP) is 5.95. The van der Waals surface area contributed by atoms with E-state index in [0.29, 0.717) is 19.1 Å². The van der Waals surface area contributed by atoms with Gasteiger partial charge in [-0.2, -0.15) is 0 Å². The van der Waals surface area contributed by atoms with Gasteiger partial charge in [0.25, 0.3) is 0 Å². The van der Waals surface area contributed by atoms with E-state index in [1.807, 2.05) is 6.07 Å². The van der Waals surface area contributed by atoms with Crippen LogP contribution in [0.1, 0.15) is 62.4 Å². The summed E-state index contributed by atoms with van der Waals surface area (Å²) in [6.45, 7) is 12.2. The van der Waals surface area contributed by atoms with Crippen molar-refractivity contribution in [1.82, 2.24) is 14.9 Å². The fraction of sp³-hybridized carbons (Fsp3) is 0.429. The molecule has 0 saturated heterocycles. The van der Waals surface area contributed by atoms with Gasteiger partial charge in [-0.1, -0.05) is 51.1 Å². The summed E-state index contributed by atoms with van der Waals surface area (Å²) in [7, 11) is 0. The number of rotatable bonds is 13. The second-order valence-corrected chi connectivity index (χ2v) is 8.87. The number of ether oxygens (including phenoxy) is 1. The normalized spacial score (nSPS) is 11.2. The molecule has 2 aromatic carbocycles. The number of aryl methyl sites for hydroxylation is 3. The number of carbonyl (C=O) groups is 1.